The van der Waals surface area contributed by atoms with Gasteiger partial charge in [0.1, 0.15) is 6.04 Å². The molecule has 5 heteroatoms. The maximum Gasteiger partial charge on any atom is 0.242 e. The predicted molar refractivity (Wildman–Crippen MR) is 93.3 cm³/mol. The Morgan fingerprint density at radius 3 is 2.90 bits per heavy atom. The van der Waals surface area contributed by atoms with Crippen molar-refractivity contribution in [2.45, 2.75) is 19.4 Å². The van der Waals surface area contributed by atoms with Gasteiger partial charge < -0.3 is 10.6 Å². The molecule has 0 spiro atoms. The van der Waals surface area contributed by atoms with Crippen molar-refractivity contribution in [2.24, 2.45) is 0 Å². The van der Waals surface area contributed by atoms with Crippen LogP contribution in [0.3, 0.4) is 0 Å². The highest BCUT2D eigenvalue weighted by Crippen LogP contribution is 2.13. The van der Waals surface area contributed by atoms with E-state index in [2.05, 4.69) is 44.7 Å². The predicted octanol–water partition coefficient (Wildman–Crippen LogP) is 3.51. The molecule has 2 N–H and O–H groups in total. The fourth-order valence-electron chi connectivity index (χ4n) is 1.81. The Hall–Kier alpha value is -1.08. The molecule has 20 heavy (non-hydrogen) atoms. The summed E-state index contributed by atoms with van der Waals surface area (Å²) in [5.74, 6) is 0.0282. The van der Waals surface area contributed by atoms with Crippen LogP contribution in [0.2, 0.25) is 0 Å². The van der Waals surface area contributed by atoms with Crippen LogP contribution in [0, 0.1) is 3.57 Å². The molecule has 0 aliphatic heterocycles. The lowest BCUT2D eigenvalue weighted by Gasteiger charge is -2.15. The number of anilines is 1. The Morgan fingerprint density at radius 1 is 1.35 bits per heavy atom. The average Bonchev–Trinajstić information content (AvgIpc) is 2.91. The summed E-state index contributed by atoms with van der Waals surface area (Å²) >= 11 is 3.98. The Bertz CT molecular complexity index is 557. The standard InChI is InChI=1S/C15H17IN2OS/c1-11(18-13-5-2-4-12(16)10-13)15(19)17-8-7-14-6-3-9-20-14/h2-6,9-11,18H,7-8H2,1H3,(H,17,19). The highest BCUT2D eigenvalue weighted by molar-refractivity contribution is 14.1. The first-order valence-electron chi connectivity index (χ1n) is 6.47. The lowest BCUT2D eigenvalue weighted by atomic mass is 10.2. The number of hydrogen-bond acceptors (Lipinski definition) is 3. The molecule has 0 saturated carbocycles. The second-order valence-corrected chi connectivity index (χ2v) is 6.77. The zero-order valence-corrected chi connectivity index (χ0v) is 14.2. The summed E-state index contributed by atoms with van der Waals surface area (Å²) < 4.78 is 1.15. The van der Waals surface area contributed by atoms with E-state index >= 15 is 0 Å². The SMILES string of the molecule is CC(Nc1cccc(I)c1)C(=O)NCCc1cccs1. The molecule has 1 unspecified atom stereocenters. The Kier molecular flexibility index (Phi) is 5.85. The molecule has 0 saturated heterocycles. The summed E-state index contributed by atoms with van der Waals surface area (Å²) in [5, 5.41) is 8.22. The molecule has 1 aromatic carbocycles. The summed E-state index contributed by atoms with van der Waals surface area (Å²) in [7, 11) is 0. The lowest BCUT2D eigenvalue weighted by Crippen LogP contribution is -2.38. The summed E-state index contributed by atoms with van der Waals surface area (Å²) in [6.45, 7) is 2.55. The van der Waals surface area contributed by atoms with Crippen molar-refractivity contribution >= 4 is 45.5 Å². The largest absolute Gasteiger partial charge is 0.374 e. The quantitative estimate of drug-likeness (QED) is 0.729. The Morgan fingerprint density at radius 2 is 2.20 bits per heavy atom. The highest BCUT2D eigenvalue weighted by Gasteiger charge is 2.11. The normalized spacial score (nSPS) is 11.9. The molecule has 0 fully saturated rings. The van der Waals surface area contributed by atoms with Gasteiger partial charge in [-0.3, -0.25) is 4.79 Å². The van der Waals surface area contributed by atoms with Gasteiger partial charge in [0.15, 0.2) is 0 Å². The third-order valence-electron chi connectivity index (χ3n) is 2.85. The maximum absolute atomic E-state index is 12.0. The Balaban J connectivity index is 1.77. The molecule has 1 aromatic heterocycles. The van der Waals surface area contributed by atoms with Crippen LogP contribution < -0.4 is 10.6 Å². The zero-order chi connectivity index (χ0) is 14.4. The summed E-state index contributed by atoms with van der Waals surface area (Å²) in [6.07, 6.45) is 0.888. The van der Waals surface area contributed by atoms with Crippen molar-refractivity contribution in [3.63, 3.8) is 0 Å². The maximum atomic E-state index is 12.0. The molecular formula is C15H17IN2OS. The summed E-state index contributed by atoms with van der Waals surface area (Å²) in [5.41, 5.74) is 0.970. The van der Waals surface area contributed by atoms with Crippen LogP contribution in [-0.4, -0.2) is 18.5 Å². The minimum Gasteiger partial charge on any atom is -0.374 e. The van der Waals surface area contributed by atoms with Gasteiger partial charge in [-0.15, -0.1) is 11.3 Å². The molecule has 0 bridgehead atoms. The average molecular weight is 400 g/mol. The topological polar surface area (TPSA) is 41.1 Å². The molecule has 0 aliphatic carbocycles. The zero-order valence-electron chi connectivity index (χ0n) is 11.2. The number of thiophene rings is 1. The molecule has 106 valence electrons. The third kappa shape index (κ3) is 4.79. The van der Waals surface area contributed by atoms with Crippen LogP contribution >= 0.6 is 33.9 Å². The van der Waals surface area contributed by atoms with E-state index in [4.69, 9.17) is 0 Å². The fourth-order valence-corrected chi connectivity index (χ4v) is 3.06. The molecule has 0 radical (unpaired) electrons. The number of carbonyl (C=O) groups is 1. The Labute approximate surface area is 136 Å². The van der Waals surface area contributed by atoms with Crippen LogP contribution in [0.1, 0.15) is 11.8 Å². The van der Waals surface area contributed by atoms with Crippen molar-refractivity contribution < 1.29 is 4.79 Å². The molecule has 0 aliphatic rings. The molecule has 1 atom stereocenters. The summed E-state index contributed by atoms with van der Waals surface area (Å²) in [6, 6.07) is 11.9. The van der Waals surface area contributed by atoms with Crippen molar-refractivity contribution in [1.29, 1.82) is 0 Å². The molecule has 1 heterocycles. The first-order valence-corrected chi connectivity index (χ1v) is 8.43. The van der Waals surface area contributed by atoms with Crippen molar-refractivity contribution in [2.75, 3.05) is 11.9 Å². The van der Waals surface area contributed by atoms with E-state index in [1.165, 1.54) is 4.88 Å². The van der Waals surface area contributed by atoms with Crippen molar-refractivity contribution in [3.05, 3.63) is 50.2 Å². The third-order valence-corrected chi connectivity index (χ3v) is 4.46. The van der Waals surface area contributed by atoms with E-state index in [1.54, 1.807) is 11.3 Å². The van der Waals surface area contributed by atoms with Crippen molar-refractivity contribution in [3.8, 4) is 0 Å². The smallest absolute Gasteiger partial charge is 0.242 e. The number of rotatable bonds is 6. The first-order chi connectivity index (χ1) is 9.65. The second-order valence-electron chi connectivity index (χ2n) is 4.50. The molecule has 3 nitrogen and oxygen atoms in total. The molecular weight excluding hydrogens is 383 g/mol. The fraction of sp³-hybridized carbons (Fsp3) is 0.267. The molecule has 2 aromatic rings. The number of nitrogens with one attached hydrogen (secondary N) is 2. The number of halogens is 1. The van der Waals surface area contributed by atoms with E-state index in [9.17, 15) is 4.79 Å². The van der Waals surface area contributed by atoms with Gasteiger partial charge in [0.25, 0.3) is 0 Å². The number of carbonyl (C=O) groups excluding carboxylic acids is 1. The minimum absolute atomic E-state index is 0.0282. The number of benzene rings is 1. The van der Waals surface area contributed by atoms with Gasteiger partial charge in [0.05, 0.1) is 0 Å². The van der Waals surface area contributed by atoms with Gasteiger partial charge in [-0.1, -0.05) is 12.1 Å². The first kappa shape index (κ1) is 15.3. The monoisotopic (exact) mass is 400 g/mol. The second kappa shape index (κ2) is 7.64. The number of hydrogen-bond donors (Lipinski definition) is 2. The van der Waals surface area contributed by atoms with Crippen molar-refractivity contribution in [1.82, 2.24) is 5.32 Å². The summed E-state index contributed by atoms with van der Waals surface area (Å²) in [4.78, 5) is 13.3. The van der Waals surface area contributed by atoms with E-state index in [1.807, 2.05) is 37.3 Å². The van der Waals surface area contributed by atoms with E-state index in [0.29, 0.717) is 6.54 Å². The number of amides is 1. The van der Waals surface area contributed by atoms with Gasteiger partial charge in [0, 0.05) is 20.7 Å². The lowest BCUT2D eigenvalue weighted by molar-refractivity contribution is -0.121. The molecule has 2 rings (SSSR count). The van der Waals surface area contributed by atoms with Crippen LogP contribution in [0.15, 0.2) is 41.8 Å². The van der Waals surface area contributed by atoms with Gasteiger partial charge in [0.2, 0.25) is 5.91 Å². The van der Waals surface area contributed by atoms with Gasteiger partial charge >= 0.3 is 0 Å². The highest BCUT2D eigenvalue weighted by atomic mass is 127. The van der Waals surface area contributed by atoms with E-state index < -0.39 is 0 Å². The van der Waals surface area contributed by atoms with E-state index in [-0.39, 0.29) is 11.9 Å². The van der Waals surface area contributed by atoms with Crippen LogP contribution in [-0.2, 0) is 11.2 Å². The van der Waals surface area contributed by atoms with E-state index in [0.717, 1.165) is 15.7 Å². The van der Waals surface area contributed by atoms with Gasteiger partial charge in [-0.25, -0.2) is 0 Å². The van der Waals surface area contributed by atoms with Gasteiger partial charge in [-0.05, 0) is 65.6 Å². The van der Waals surface area contributed by atoms with Crippen LogP contribution in [0.25, 0.3) is 0 Å². The molecule has 1 amide bonds. The minimum atomic E-state index is -0.239. The van der Waals surface area contributed by atoms with Crippen LogP contribution in [0.4, 0.5) is 5.69 Å². The van der Waals surface area contributed by atoms with Gasteiger partial charge in [-0.2, -0.15) is 0 Å². The van der Waals surface area contributed by atoms with Crippen LogP contribution in [0.5, 0.6) is 0 Å².